The first-order valence-corrected chi connectivity index (χ1v) is 6.54. The quantitative estimate of drug-likeness (QED) is 0.925. The predicted octanol–water partition coefficient (Wildman–Crippen LogP) is 3.01. The summed E-state index contributed by atoms with van der Waals surface area (Å²) in [5.41, 5.74) is 8.06. The van der Waals surface area contributed by atoms with E-state index in [0.717, 1.165) is 15.7 Å². The van der Waals surface area contributed by atoms with Crippen molar-refractivity contribution < 1.29 is 4.79 Å². The average molecular weight is 320 g/mol. The van der Waals surface area contributed by atoms with Crippen LogP contribution >= 0.6 is 15.9 Å². The number of benzene rings is 1. The zero-order chi connectivity index (χ0) is 14.0. The highest BCUT2D eigenvalue weighted by molar-refractivity contribution is 9.10. The van der Waals surface area contributed by atoms with E-state index < -0.39 is 0 Å². The number of halogens is 1. The second-order valence-electron chi connectivity index (χ2n) is 4.29. The normalized spacial score (nSPS) is 10.3. The number of carbonyl (C=O) groups is 1. The Labute approximate surface area is 120 Å². The summed E-state index contributed by atoms with van der Waals surface area (Å²) in [5, 5.41) is 0. The Balaban J connectivity index is 2.36. The number of carbonyl (C=O) groups excluding carboxylic acids is 1. The van der Waals surface area contributed by atoms with Crippen molar-refractivity contribution >= 4 is 33.3 Å². The molecule has 1 aromatic carbocycles. The van der Waals surface area contributed by atoms with Crippen LogP contribution in [0.25, 0.3) is 0 Å². The number of anilines is 2. The number of pyridine rings is 1. The number of nitrogens with zero attached hydrogens (tertiary/aromatic N) is 2. The minimum atomic E-state index is -0.183. The van der Waals surface area contributed by atoms with Crippen LogP contribution in [0, 0.1) is 6.92 Å². The Hall–Kier alpha value is -1.88. The van der Waals surface area contributed by atoms with Gasteiger partial charge in [-0.2, -0.15) is 0 Å². The van der Waals surface area contributed by atoms with Crippen molar-refractivity contribution in [1.82, 2.24) is 4.98 Å². The minimum Gasteiger partial charge on any atom is -0.383 e. The topological polar surface area (TPSA) is 59.2 Å². The third kappa shape index (κ3) is 2.93. The molecule has 2 aromatic rings. The van der Waals surface area contributed by atoms with Crippen LogP contribution in [0.15, 0.2) is 41.0 Å². The molecule has 0 unspecified atom stereocenters. The molecule has 0 spiro atoms. The molecular formula is C14H14BrN3O. The summed E-state index contributed by atoms with van der Waals surface area (Å²) in [6.07, 6.45) is 1.57. The Morgan fingerprint density at radius 3 is 2.79 bits per heavy atom. The third-order valence-electron chi connectivity index (χ3n) is 2.81. The van der Waals surface area contributed by atoms with Crippen molar-refractivity contribution in [2.45, 2.75) is 6.92 Å². The van der Waals surface area contributed by atoms with E-state index in [1.54, 1.807) is 24.2 Å². The van der Waals surface area contributed by atoms with Crippen molar-refractivity contribution in [1.29, 1.82) is 0 Å². The molecule has 98 valence electrons. The predicted molar refractivity (Wildman–Crippen MR) is 80.3 cm³/mol. The average Bonchev–Trinajstić information content (AvgIpc) is 2.40. The maximum absolute atomic E-state index is 12.4. The van der Waals surface area contributed by atoms with Crippen molar-refractivity contribution in [3.05, 3.63) is 52.1 Å². The lowest BCUT2D eigenvalue weighted by Gasteiger charge is -2.18. The summed E-state index contributed by atoms with van der Waals surface area (Å²) >= 11 is 3.29. The monoisotopic (exact) mass is 319 g/mol. The van der Waals surface area contributed by atoms with Gasteiger partial charge in [0, 0.05) is 23.4 Å². The molecule has 1 heterocycles. The molecule has 0 aliphatic heterocycles. The molecule has 0 saturated carbocycles. The molecule has 1 aromatic heterocycles. The van der Waals surface area contributed by atoms with Crippen molar-refractivity contribution in [2.24, 2.45) is 0 Å². The van der Waals surface area contributed by atoms with E-state index in [0.29, 0.717) is 5.56 Å². The lowest BCUT2D eigenvalue weighted by atomic mass is 10.2. The molecule has 0 aliphatic rings. The molecule has 0 radical (unpaired) electrons. The van der Waals surface area contributed by atoms with Gasteiger partial charge in [0.25, 0.3) is 5.91 Å². The minimum absolute atomic E-state index is 0.183. The van der Waals surface area contributed by atoms with E-state index in [9.17, 15) is 4.79 Å². The van der Waals surface area contributed by atoms with E-state index in [1.807, 2.05) is 31.2 Å². The maximum Gasteiger partial charge on any atom is 0.261 e. The smallest absolute Gasteiger partial charge is 0.261 e. The molecule has 4 nitrogen and oxygen atoms in total. The standard InChI is InChI=1S/C14H14BrN3O/c1-9-4-3-5-11(6-9)18(2)14(19)12-7-10(15)8-17-13(12)16/h3-8H,1-2H3,(H2,16,17). The van der Waals surface area contributed by atoms with Gasteiger partial charge >= 0.3 is 0 Å². The van der Waals surface area contributed by atoms with Crippen molar-refractivity contribution in [3.8, 4) is 0 Å². The summed E-state index contributed by atoms with van der Waals surface area (Å²) in [6.45, 7) is 1.98. The first kappa shape index (κ1) is 13.5. The molecule has 0 fully saturated rings. The van der Waals surface area contributed by atoms with Crippen LogP contribution in [0.1, 0.15) is 15.9 Å². The fourth-order valence-electron chi connectivity index (χ4n) is 1.76. The molecule has 0 saturated heterocycles. The molecule has 0 bridgehead atoms. The van der Waals surface area contributed by atoms with Gasteiger partial charge in [-0.1, -0.05) is 12.1 Å². The zero-order valence-electron chi connectivity index (χ0n) is 10.7. The summed E-state index contributed by atoms with van der Waals surface area (Å²) < 4.78 is 0.725. The fraction of sp³-hybridized carbons (Fsp3) is 0.143. The first-order chi connectivity index (χ1) is 8.99. The van der Waals surface area contributed by atoms with Gasteiger partial charge in [0.05, 0.1) is 5.56 Å². The van der Waals surface area contributed by atoms with Crippen LogP contribution in [0.4, 0.5) is 11.5 Å². The van der Waals surface area contributed by atoms with Gasteiger partial charge in [-0.15, -0.1) is 0 Å². The molecule has 1 amide bonds. The second kappa shape index (κ2) is 5.40. The van der Waals surface area contributed by atoms with Crippen LogP contribution in [-0.2, 0) is 0 Å². The van der Waals surface area contributed by atoms with E-state index in [-0.39, 0.29) is 11.7 Å². The lowest BCUT2D eigenvalue weighted by molar-refractivity contribution is 0.0993. The molecular weight excluding hydrogens is 306 g/mol. The zero-order valence-corrected chi connectivity index (χ0v) is 12.3. The van der Waals surface area contributed by atoms with Crippen LogP contribution in [0.2, 0.25) is 0 Å². The Bertz CT molecular complexity index is 628. The highest BCUT2D eigenvalue weighted by atomic mass is 79.9. The largest absolute Gasteiger partial charge is 0.383 e. The Morgan fingerprint density at radius 2 is 2.11 bits per heavy atom. The maximum atomic E-state index is 12.4. The Kier molecular flexibility index (Phi) is 3.85. The van der Waals surface area contributed by atoms with Gasteiger partial charge in [0.2, 0.25) is 0 Å². The van der Waals surface area contributed by atoms with Gasteiger partial charge in [-0.3, -0.25) is 4.79 Å². The number of hydrogen-bond donors (Lipinski definition) is 1. The second-order valence-corrected chi connectivity index (χ2v) is 5.21. The van der Waals surface area contributed by atoms with Gasteiger partial charge in [-0.05, 0) is 46.6 Å². The van der Waals surface area contributed by atoms with Crippen LogP contribution < -0.4 is 10.6 Å². The Morgan fingerprint density at radius 1 is 1.37 bits per heavy atom. The summed E-state index contributed by atoms with van der Waals surface area (Å²) in [6, 6.07) is 9.40. The highest BCUT2D eigenvalue weighted by Crippen LogP contribution is 2.21. The third-order valence-corrected chi connectivity index (χ3v) is 3.24. The van der Waals surface area contributed by atoms with Gasteiger partial charge in [0.1, 0.15) is 5.82 Å². The van der Waals surface area contributed by atoms with E-state index in [2.05, 4.69) is 20.9 Å². The number of aromatic nitrogens is 1. The lowest BCUT2D eigenvalue weighted by Crippen LogP contribution is -2.27. The summed E-state index contributed by atoms with van der Waals surface area (Å²) in [7, 11) is 1.72. The van der Waals surface area contributed by atoms with Crippen molar-refractivity contribution in [3.63, 3.8) is 0 Å². The van der Waals surface area contributed by atoms with Gasteiger partial charge in [0.15, 0.2) is 0 Å². The number of nitrogens with two attached hydrogens (primary N) is 1. The molecule has 5 heteroatoms. The van der Waals surface area contributed by atoms with E-state index in [4.69, 9.17) is 5.73 Å². The number of nitrogen functional groups attached to an aromatic ring is 1. The number of aryl methyl sites for hydroxylation is 1. The summed E-state index contributed by atoms with van der Waals surface area (Å²) in [4.78, 5) is 18.0. The van der Waals surface area contributed by atoms with Gasteiger partial charge in [-0.25, -0.2) is 4.98 Å². The number of amides is 1. The molecule has 0 atom stereocenters. The van der Waals surface area contributed by atoms with Gasteiger partial charge < -0.3 is 10.6 Å². The molecule has 19 heavy (non-hydrogen) atoms. The number of rotatable bonds is 2. The van der Waals surface area contributed by atoms with E-state index in [1.165, 1.54) is 0 Å². The summed E-state index contributed by atoms with van der Waals surface area (Å²) in [5.74, 6) is 0.0459. The van der Waals surface area contributed by atoms with E-state index >= 15 is 0 Å². The first-order valence-electron chi connectivity index (χ1n) is 5.75. The SMILES string of the molecule is Cc1cccc(N(C)C(=O)c2cc(Br)cnc2N)c1. The molecule has 2 rings (SSSR count). The van der Waals surface area contributed by atoms with Crippen LogP contribution in [0.5, 0.6) is 0 Å². The number of hydrogen-bond acceptors (Lipinski definition) is 3. The fourth-order valence-corrected chi connectivity index (χ4v) is 2.09. The van der Waals surface area contributed by atoms with Crippen LogP contribution in [0.3, 0.4) is 0 Å². The highest BCUT2D eigenvalue weighted by Gasteiger charge is 2.17. The molecule has 2 N–H and O–H groups in total. The van der Waals surface area contributed by atoms with Crippen molar-refractivity contribution in [2.75, 3.05) is 17.7 Å². The molecule has 0 aliphatic carbocycles. The van der Waals surface area contributed by atoms with Crippen LogP contribution in [-0.4, -0.2) is 17.9 Å².